The van der Waals surface area contributed by atoms with E-state index in [2.05, 4.69) is 118 Å². The van der Waals surface area contributed by atoms with Crippen LogP contribution in [0.2, 0.25) is 0 Å². The topological polar surface area (TPSA) is 78.9 Å². The zero-order chi connectivity index (χ0) is 57.8. The second kappa shape index (κ2) is 67.8. The van der Waals surface area contributed by atoms with Gasteiger partial charge in [0.2, 0.25) is 0 Å². The van der Waals surface area contributed by atoms with Crippen molar-refractivity contribution in [2.45, 2.75) is 341 Å². The normalized spacial score (nSPS) is 12.7. The molecule has 0 radical (unpaired) electrons. The SMILES string of the molecule is CC/C=C\C/C=C\C/C=C\C/C=C\C/C=C\C/C=C\CCCCCCCCCCC(=O)OCC(COC(=O)CCCCCCC/C=C\CCCCCCCCC)OC(=O)CCCCCCCCCCC/C=C\CCCCCCCC. The maximum Gasteiger partial charge on any atom is 0.306 e. The summed E-state index contributed by atoms with van der Waals surface area (Å²) in [5.41, 5.74) is 0. The van der Waals surface area contributed by atoms with Gasteiger partial charge in [-0.3, -0.25) is 14.4 Å². The molecule has 0 amide bonds. The Hall–Kier alpha value is -3.67. The molecule has 6 heteroatoms. The predicted octanol–water partition coefficient (Wildman–Crippen LogP) is 23.6. The molecular formula is C74H128O6. The quantitative estimate of drug-likeness (QED) is 0.0261. The van der Waals surface area contributed by atoms with E-state index in [9.17, 15) is 14.4 Å². The van der Waals surface area contributed by atoms with Gasteiger partial charge in [0.1, 0.15) is 13.2 Å². The monoisotopic (exact) mass is 1110 g/mol. The Labute approximate surface area is 496 Å². The molecular weight excluding hydrogens is 985 g/mol. The Morgan fingerprint density at radius 1 is 0.263 bits per heavy atom. The van der Waals surface area contributed by atoms with Gasteiger partial charge in [0.25, 0.3) is 0 Å². The van der Waals surface area contributed by atoms with E-state index < -0.39 is 6.10 Å². The molecule has 0 aromatic rings. The molecule has 0 rings (SSSR count). The number of esters is 3. The van der Waals surface area contributed by atoms with Crippen LogP contribution in [0, 0.1) is 0 Å². The van der Waals surface area contributed by atoms with Gasteiger partial charge in [0, 0.05) is 19.3 Å². The van der Waals surface area contributed by atoms with Gasteiger partial charge in [-0.05, 0) is 122 Å². The summed E-state index contributed by atoms with van der Waals surface area (Å²) in [6.07, 6.45) is 91.3. The number of rotatable bonds is 62. The van der Waals surface area contributed by atoms with Crippen LogP contribution in [-0.2, 0) is 28.6 Å². The minimum atomic E-state index is -0.788. The molecule has 0 aliphatic carbocycles. The number of carbonyl (C=O) groups is 3. The van der Waals surface area contributed by atoms with Crippen LogP contribution in [0.3, 0.4) is 0 Å². The second-order valence-corrected chi connectivity index (χ2v) is 22.7. The van der Waals surface area contributed by atoms with Crippen molar-refractivity contribution in [3.63, 3.8) is 0 Å². The average Bonchev–Trinajstić information content (AvgIpc) is 3.46. The zero-order valence-corrected chi connectivity index (χ0v) is 52.8. The first-order chi connectivity index (χ1) is 39.5. The highest BCUT2D eigenvalue weighted by atomic mass is 16.6. The molecule has 0 aliphatic rings. The predicted molar refractivity (Wildman–Crippen MR) is 348 cm³/mol. The number of unbranched alkanes of at least 4 members (excludes halogenated alkanes) is 35. The summed E-state index contributed by atoms with van der Waals surface area (Å²) in [4.78, 5) is 38.4. The van der Waals surface area contributed by atoms with Crippen LogP contribution in [0.15, 0.2) is 97.2 Å². The van der Waals surface area contributed by atoms with E-state index in [1.165, 1.54) is 186 Å². The first kappa shape index (κ1) is 76.3. The fourth-order valence-corrected chi connectivity index (χ4v) is 9.67. The molecule has 0 bridgehead atoms. The Morgan fingerprint density at radius 3 is 0.775 bits per heavy atom. The third kappa shape index (κ3) is 65.1. The van der Waals surface area contributed by atoms with Crippen LogP contribution in [0.25, 0.3) is 0 Å². The average molecular weight is 1110 g/mol. The third-order valence-corrected chi connectivity index (χ3v) is 14.8. The molecule has 0 saturated heterocycles. The van der Waals surface area contributed by atoms with Gasteiger partial charge in [-0.1, -0.05) is 291 Å². The molecule has 0 N–H and O–H groups in total. The molecule has 0 fully saturated rings. The van der Waals surface area contributed by atoms with Crippen LogP contribution in [0.4, 0.5) is 0 Å². The first-order valence-electron chi connectivity index (χ1n) is 34.2. The summed E-state index contributed by atoms with van der Waals surface area (Å²) in [6, 6.07) is 0. The highest BCUT2D eigenvalue weighted by Gasteiger charge is 2.19. The van der Waals surface area contributed by atoms with Gasteiger partial charge >= 0.3 is 17.9 Å². The summed E-state index contributed by atoms with van der Waals surface area (Å²) < 4.78 is 17.0. The lowest BCUT2D eigenvalue weighted by atomic mass is 10.1. The fraction of sp³-hybridized carbons (Fsp3) is 0.743. The van der Waals surface area contributed by atoms with Crippen molar-refractivity contribution in [1.29, 1.82) is 0 Å². The molecule has 1 unspecified atom stereocenters. The Bertz CT molecular complexity index is 1560. The van der Waals surface area contributed by atoms with Crippen LogP contribution in [0.5, 0.6) is 0 Å². The van der Waals surface area contributed by atoms with Crippen LogP contribution >= 0.6 is 0 Å². The Balaban J connectivity index is 4.37. The summed E-state index contributed by atoms with van der Waals surface area (Å²) in [7, 11) is 0. The van der Waals surface area contributed by atoms with E-state index in [-0.39, 0.29) is 31.1 Å². The number of allylic oxidation sites excluding steroid dienone is 16. The van der Waals surface area contributed by atoms with E-state index >= 15 is 0 Å². The molecule has 0 aliphatic heterocycles. The lowest BCUT2D eigenvalue weighted by Crippen LogP contribution is -2.30. The van der Waals surface area contributed by atoms with Crippen LogP contribution in [0.1, 0.15) is 335 Å². The third-order valence-electron chi connectivity index (χ3n) is 14.8. The smallest absolute Gasteiger partial charge is 0.306 e. The van der Waals surface area contributed by atoms with E-state index in [4.69, 9.17) is 14.2 Å². The van der Waals surface area contributed by atoms with Gasteiger partial charge in [-0.2, -0.15) is 0 Å². The van der Waals surface area contributed by atoms with Crippen molar-refractivity contribution >= 4 is 17.9 Å². The van der Waals surface area contributed by atoms with Crippen molar-refractivity contribution in [2.75, 3.05) is 13.2 Å². The largest absolute Gasteiger partial charge is 0.462 e. The molecule has 460 valence electrons. The summed E-state index contributed by atoms with van der Waals surface area (Å²) in [5, 5.41) is 0. The molecule has 0 heterocycles. The number of ether oxygens (including phenoxy) is 3. The first-order valence-corrected chi connectivity index (χ1v) is 34.2. The molecule has 0 spiro atoms. The van der Waals surface area contributed by atoms with Gasteiger partial charge in [-0.25, -0.2) is 0 Å². The van der Waals surface area contributed by atoms with E-state index in [0.29, 0.717) is 19.3 Å². The maximum absolute atomic E-state index is 12.9. The second-order valence-electron chi connectivity index (χ2n) is 22.7. The van der Waals surface area contributed by atoms with Gasteiger partial charge in [0.15, 0.2) is 6.10 Å². The summed E-state index contributed by atoms with van der Waals surface area (Å²) in [6.45, 7) is 6.54. The standard InChI is InChI=1S/C74H128O6/c1-4-7-10-13-16-19-22-25-28-31-33-34-35-36-37-38-39-40-42-43-46-49-52-55-58-61-64-67-73(76)79-70-71(69-78-72(75)66-63-60-57-54-51-48-45-30-27-24-21-18-15-12-9-6-3)80-74(77)68-65-62-59-56-53-50-47-44-41-32-29-26-23-20-17-14-11-8-5-2/h7,10,16,19,25-26,28-30,33-34,36-37,39-40,45,71H,4-6,8-9,11-15,17-18,20-24,27,31-32,35,38,41-44,46-70H2,1-3H3/b10-7-,19-16-,28-25-,29-26-,34-33-,37-36-,40-39-,45-30-. The molecule has 80 heavy (non-hydrogen) atoms. The zero-order valence-electron chi connectivity index (χ0n) is 52.8. The number of hydrogen-bond donors (Lipinski definition) is 0. The number of hydrogen-bond acceptors (Lipinski definition) is 6. The van der Waals surface area contributed by atoms with Gasteiger partial charge in [-0.15, -0.1) is 0 Å². The highest BCUT2D eigenvalue weighted by molar-refractivity contribution is 5.71. The van der Waals surface area contributed by atoms with Crippen molar-refractivity contribution in [1.82, 2.24) is 0 Å². The maximum atomic E-state index is 12.9. The van der Waals surface area contributed by atoms with E-state index in [1.807, 2.05) is 0 Å². The summed E-state index contributed by atoms with van der Waals surface area (Å²) >= 11 is 0. The Morgan fingerprint density at radius 2 is 0.487 bits per heavy atom. The van der Waals surface area contributed by atoms with Crippen LogP contribution < -0.4 is 0 Å². The molecule has 0 aromatic carbocycles. The summed E-state index contributed by atoms with van der Waals surface area (Å²) in [5.74, 6) is -0.887. The Kier molecular flexibility index (Phi) is 64.7. The van der Waals surface area contributed by atoms with Crippen molar-refractivity contribution in [2.24, 2.45) is 0 Å². The number of carbonyl (C=O) groups excluding carboxylic acids is 3. The van der Waals surface area contributed by atoms with E-state index in [0.717, 1.165) is 109 Å². The molecule has 0 aromatic heterocycles. The minimum Gasteiger partial charge on any atom is -0.462 e. The highest BCUT2D eigenvalue weighted by Crippen LogP contribution is 2.16. The fourth-order valence-electron chi connectivity index (χ4n) is 9.67. The lowest BCUT2D eigenvalue weighted by molar-refractivity contribution is -0.167. The van der Waals surface area contributed by atoms with Crippen LogP contribution in [-0.4, -0.2) is 37.2 Å². The molecule has 6 nitrogen and oxygen atoms in total. The molecule has 1 atom stereocenters. The minimum absolute atomic E-state index is 0.0834. The van der Waals surface area contributed by atoms with Crippen molar-refractivity contribution in [3.8, 4) is 0 Å². The van der Waals surface area contributed by atoms with Gasteiger partial charge in [0.05, 0.1) is 0 Å². The van der Waals surface area contributed by atoms with Gasteiger partial charge < -0.3 is 14.2 Å². The molecule has 0 saturated carbocycles. The van der Waals surface area contributed by atoms with E-state index in [1.54, 1.807) is 0 Å². The lowest BCUT2D eigenvalue weighted by Gasteiger charge is -2.18. The van der Waals surface area contributed by atoms with Crippen molar-refractivity contribution < 1.29 is 28.6 Å². The van der Waals surface area contributed by atoms with Crippen molar-refractivity contribution in [3.05, 3.63) is 97.2 Å².